The SMILES string of the molecule is COCc1nnn(-c2nonc2N)c1C(=O)N/N=C(\C)c1ccc(Cl)cc1Cl. The van der Waals surface area contributed by atoms with Crippen LogP contribution in [0.2, 0.25) is 10.0 Å². The van der Waals surface area contributed by atoms with Gasteiger partial charge in [0.2, 0.25) is 11.6 Å². The van der Waals surface area contributed by atoms with Crippen LogP contribution in [0.25, 0.3) is 5.82 Å². The van der Waals surface area contributed by atoms with Gasteiger partial charge in [-0.05, 0) is 29.4 Å². The Hall–Kier alpha value is -3.02. The number of nitrogens with one attached hydrogen (secondary N) is 1. The topological polar surface area (TPSA) is 146 Å². The van der Waals surface area contributed by atoms with Gasteiger partial charge in [0.1, 0.15) is 5.69 Å². The fourth-order valence-electron chi connectivity index (χ4n) is 2.29. The van der Waals surface area contributed by atoms with Crippen LogP contribution >= 0.6 is 23.2 Å². The molecule has 0 fully saturated rings. The molecule has 0 unspecified atom stereocenters. The number of anilines is 1. The molecule has 2 aromatic heterocycles. The molecule has 0 radical (unpaired) electrons. The van der Waals surface area contributed by atoms with Crippen molar-refractivity contribution in [2.75, 3.05) is 12.8 Å². The number of methoxy groups -OCH3 is 1. The van der Waals surface area contributed by atoms with E-state index in [1.54, 1.807) is 25.1 Å². The summed E-state index contributed by atoms with van der Waals surface area (Å²) >= 11 is 12.0. The Labute approximate surface area is 168 Å². The quantitative estimate of drug-likeness (QED) is 0.449. The molecule has 0 aliphatic carbocycles. The molecule has 0 saturated heterocycles. The third kappa shape index (κ3) is 3.96. The van der Waals surface area contributed by atoms with Gasteiger partial charge in [-0.1, -0.05) is 34.5 Å². The molecule has 0 saturated carbocycles. The fourth-order valence-corrected chi connectivity index (χ4v) is 2.84. The zero-order valence-electron chi connectivity index (χ0n) is 14.7. The number of nitrogen functional groups attached to an aromatic ring is 1. The van der Waals surface area contributed by atoms with Crippen LogP contribution < -0.4 is 11.2 Å². The molecular weight excluding hydrogens is 411 g/mol. The van der Waals surface area contributed by atoms with Crippen molar-refractivity contribution in [3.63, 3.8) is 0 Å². The predicted octanol–water partition coefficient (Wildman–Crippen LogP) is 1.84. The minimum absolute atomic E-state index is 0.0152. The molecule has 0 aliphatic heterocycles. The van der Waals surface area contributed by atoms with Gasteiger partial charge in [0.05, 0.1) is 17.3 Å². The van der Waals surface area contributed by atoms with E-state index in [2.05, 4.69) is 35.8 Å². The highest BCUT2D eigenvalue weighted by atomic mass is 35.5. The summed E-state index contributed by atoms with van der Waals surface area (Å²) < 4.78 is 10.7. The number of hydrogen-bond donors (Lipinski definition) is 2. The molecule has 0 atom stereocenters. The number of hydrazone groups is 1. The molecule has 2 heterocycles. The summed E-state index contributed by atoms with van der Waals surface area (Å²) in [5, 5.41) is 19.8. The Morgan fingerprint density at radius 3 is 2.82 bits per heavy atom. The Morgan fingerprint density at radius 2 is 2.18 bits per heavy atom. The number of nitrogens with zero attached hydrogens (tertiary/aromatic N) is 6. The lowest BCUT2D eigenvalue weighted by Gasteiger charge is -2.07. The summed E-state index contributed by atoms with van der Waals surface area (Å²) in [5.74, 6) is -0.666. The van der Waals surface area contributed by atoms with E-state index in [-0.39, 0.29) is 29.6 Å². The van der Waals surface area contributed by atoms with Gasteiger partial charge in [0.25, 0.3) is 5.91 Å². The van der Waals surface area contributed by atoms with Crippen molar-refractivity contribution in [2.24, 2.45) is 5.10 Å². The first-order chi connectivity index (χ1) is 13.4. The second-order valence-electron chi connectivity index (χ2n) is 5.46. The number of ether oxygens (including phenoxy) is 1. The van der Waals surface area contributed by atoms with Crippen molar-refractivity contribution in [1.29, 1.82) is 0 Å². The standard InChI is InChI=1S/C15H14Cl2N8O3/c1-7(9-4-3-8(16)5-10(9)17)19-21-15(26)12-11(6-27-2)20-24-25(12)14-13(18)22-28-23-14/h3-5H,6H2,1-2H3,(H2,18,22)(H,21,26)/b19-7+. The number of carbonyl (C=O) groups is 1. The Bertz CT molecular complexity index is 1050. The van der Waals surface area contributed by atoms with E-state index in [0.717, 1.165) is 4.68 Å². The molecule has 0 spiro atoms. The first-order valence-electron chi connectivity index (χ1n) is 7.74. The summed E-state index contributed by atoms with van der Waals surface area (Å²) in [6.07, 6.45) is 0. The van der Waals surface area contributed by atoms with Gasteiger partial charge < -0.3 is 10.5 Å². The zero-order valence-corrected chi connectivity index (χ0v) is 16.2. The highest BCUT2D eigenvalue weighted by molar-refractivity contribution is 6.37. The zero-order chi connectivity index (χ0) is 20.3. The van der Waals surface area contributed by atoms with Gasteiger partial charge in [-0.15, -0.1) is 5.10 Å². The maximum Gasteiger partial charge on any atom is 0.292 e. The molecule has 28 heavy (non-hydrogen) atoms. The molecule has 13 heteroatoms. The second-order valence-corrected chi connectivity index (χ2v) is 6.31. The molecule has 0 bridgehead atoms. The third-order valence-electron chi connectivity index (χ3n) is 3.58. The van der Waals surface area contributed by atoms with E-state index >= 15 is 0 Å². The van der Waals surface area contributed by atoms with Crippen molar-refractivity contribution in [2.45, 2.75) is 13.5 Å². The number of amides is 1. The molecule has 1 aromatic carbocycles. The number of hydrogen-bond acceptors (Lipinski definition) is 9. The van der Waals surface area contributed by atoms with Crippen LogP contribution in [0.1, 0.15) is 28.7 Å². The van der Waals surface area contributed by atoms with E-state index in [0.29, 0.717) is 21.3 Å². The lowest BCUT2D eigenvalue weighted by Crippen LogP contribution is -2.24. The Balaban J connectivity index is 1.91. The maximum absolute atomic E-state index is 12.8. The molecule has 3 aromatic rings. The second kappa shape index (κ2) is 8.33. The van der Waals surface area contributed by atoms with Crippen molar-refractivity contribution < 1.29 is 14.2 Å². The van der Waals surface area contributed by atoms with Crippen molar-refractivity contribution >= 4 is 40.6 Å². The van der Waals surface area contributed by atoms with E-state index in [1.165, 1.54) is 7.11 Å². The molecule has 11 nitrogen and oxygen atoms in total. The van der Waals surface area contributed by atoms with Crippen LogP contribution in [0.3, 0.4) is 0 Å². The lowest BCUT2D eigenvalue weighted by atomic mass is 10.1. The summed E-state index contributed by atoms with van der Waals surface area (Å²) in [6.45, 7) is 1.71. The summed E-state index contributed by atoms with van der Waals surface area (Å²) in [6, 6.07) is 4.94. The minimum atomic E-state index is -0.621. The van der Waals surface area contributed by atoms with Gasteiger partial charge in [-0.2, -0.15) is 9.78 Å². The molecule has 3 rings (SSSR count). The first kappa shape index (κ1) is 19.7. The molecule has 3 N–H and O–H groups in total. The van der Waals surface area contributed by atoms with Gasteiger partial charge in [-0.25, -0.2) is 10.1 Å². The smallest absolute Gasteiger partial charge is 0.292 e. The first-order valence-corrected chi connectivity index (χ1v) is 8.50. The van der Waals surface area contributed by atoms with Gasteiger partial charge in [0, 0.05) is 17.7 Å². The van der Waals surface area contributed by atoms with Gasteiger partial charge in [0.15, 0.2) is 5.69 Å². The number of halogens is 2. The number of aromatic nitrogens is 5. The maximum atomic E-state index is 12.8. The largest absolute Gasteiger partial charge is 0.378 e. The number of carbonyl (C=O) groups excluding carboxylic acids is 1. The van der Waals surface area contributed by atoms with Crippen LogP contribution in [-0.4, -0.2) is 44.0 Å². The normalized spacial score (nSPS) is 11.6. The van der Waals surface area contributed by atoms with E-state index in [1.807, 2.05) is 0 Å². The van der Waals surface area contributed by atoms with Crippen LogP contribution in [0.5, 0.6) is 0 Å². The van der Waals surface area contributed by atoms with E-state index in [9.17, 15) is 4.79 Å². The summed E-state index contributed by atoms with van der Waals surface area (Å²) in [7, 11) is 1.46. The Kier molecular flexibility index (Phi) is 5.87. The Morgan fingerprint density at radius 1 is 1.39 bits per heavy atom. The highest BCUT2D eigenvalue weighted by Crippen LogP contribution is 2.21. The third-order valence-corrected chi connectivity index (χ3v) is 4.13. The molecular formula is C15H14Cl2N8O3. The average molecular weight is 425 g/mol. The number of benzene rings is 1. The summed E-state index contributed by atoms with van der Waals surface area (Å²) in [4.78, 5) is 12.8. The van der Waals surface area contributed by atoms with Gasteiger partial charge >= 0.3 is 0 Å². The van der Waals surface area contributed by atoms with Crippen molar-refractivity contribution in [3.05, 3.63) is 45.2 Å². The number of nitrogens with two attached hydrogens (primary N) is 1. The molecule has 0 aliphatic rings. The van der Waals surface area contributed by atoms with Gasteiger partial charge in [-0.3, -0.25) is 4.79 Å². The molecule has 1 amide bonds. The predicted molar refractivity (Wildman–Crippen MR) is 100 cm³/mol. The van der Waals surface area contributed by atoms with Crippen molar-refractivity contribution in [3.8, 4) is 5.82 Å². The number of rotatable bonds is 6. The van der Waals surface area contributed by atoms with Crippen LogP contribution in [0.15, 0.2) is 27.9 Å². The van der Waals surface area contributed by atoms with E-state index < -0.39 is 5.91 Å². The average Bonchev–Trinajstić information content (AvgIpc) is 3.25. The highest BCUT2D eigenvalue weighted by Gasteiger charge is 2.25. The minimum Gasteiger partial charge on any atom is -0.378 e. The van der Waals surface area contributed by atoms with Crippen LogP contribution in [0.4, 0.5) is 5.82 Å². The van der Waals surface area contributed by atoms with E-state index in [4.69, 9.17) is 33.7 Å². The molecule has 146 valence electrons. The van der Waals surface area contributed by atoms with Crippen LogP contribution in [-0.2, 0) is 11.3 Å². The lowest BCUT2D eigenvalue weighted by molar-refractivity contribution is 0.0941. The van der Waals surface area contributed by atoms with Crippen molar-refractivity contribution in [1.82, 2.24) is 30.7 Å². The monoisotopic (exact) mass is 424 g/mol. The summed E-state index contributed by atoms with van der Waals surface area (Å²) in [5.41, 5.74) is 9.45. The fraction of sp³-hybridized carbons (Fsp3) is 0.200. The van der Waals surface area contributed by atoms with Crippen LogP contribution in [0, 0.1) is 0 Å².